The van der Waals surface area contributed by atoms with Crippen LogP contribution in [0.25, 0.3) is 0 Å². The first-order valence-corrected chi connectivity index (χ1v) is 6.00. The molecule has 0 saturated heterocycles. The Morgan fingerprint density at radius 1 is 1.53 bits per heavy atom. The van der Waals surface area contributed by atoms with Crippen molar-refractivity contribution in [2.24, 2.45) is 11.8 Å². The summed E-state index contributed by atoms with van der Waals surface area (Å²) in [4.78, 5) is 15.8. The van der Waals surface area contributed by atoms with E-state index in [1.165, 1.54) is 25.5 Å². The maximum absolute atomic E-state index is 11.9. The molecular formula is C12H18N4O. The van der Waals surface area contributed by atoms with Gasteiger partial charge in [0.15, 0.2) is 0 Å². The number of carbonyl (C=O) groups excluding carboxylic acids is 1. The molecule has 0 atom stereocenters. The highest BCUT2D eigenvalue weighted by Crippen LogP contribution is 2.28. The molecule has 2 rings (SSSR count). The number of rotatable bonds is 5. The van der Waals surface area contributed by atoms with Crippen LogP contribution in [0.3, 0.4) is 0 Å². The highest BCUT2D eigenvalue weighted by molar-refractivity contribution is 5.99. The Morgan fingerprint density at radius 2 is 2.35 bits per heavy atom. The molecule has 1 aliphatic rings. The number of carbonyl (C=O) groups is 1. The van der Waals surface area contributed by atoms with Crippen molar-refractivity contribution in [2.75, 3.05) is 12.0 Å². The third-order valence-electron chi connectivity index (χ3n) is 3.28. The van der Waals surface area contributed by atoms with Crippen molar-refractivity contribution < 1.29 is 4.79 Å². The Hall–Kier alpha value is -1.62. The lowest BCUT2D eigenvalue weighted by Gasteiger charge is -2.25. The van der Waals surface area contributed by atoms with Crippen molar-refractivity contribution in [3.05, 3.63) is 24.0 Å². The van der Waals surface area contributed by atoms with E-state index in [1.807, 2.05) is 0 Å². The third-order valence-corrected chi connectivity index (χ3v) is 3.28. The summed E-state index contributed by atoms with van der Waals surface area (Å²) in [5, 5.41) is 2.90. The minimum Gasteiger partial charge on any atom is -0.352 e. The van der Waals surface area contributed by atoms with E-state index in [-0.39, 0.29) is 5.91 Å². The van der Waals surface area contributed by atoms with Crippen LogP contribution in [0, 0.1) is 5.92 Å². The topological polar surface area (TPSA) is 80.0 Å². The van der Waals surface area contributed by atoms with E-state index < -0.39 is 0 Å². The lowest BCUT2D eigenvalue weighted by atomic mass is 9.83. The summed E-state index contributed by atoms with van der Waals surface area (Å²) in [6.07, 6.45) is 8.13. The van der Waals surface area contributed by atoms with Crippen molar-refractivity contribution >= 4 is 11.6 Å². The number of nitrogen functional groups attached to an aromatic ring is 1. The lowest BCUT2D eigenvalue weighted by Crippen LogP contribution is -2.28. The Labute approximate surface area is 101 Å². The number of nitrogens with one attached hydrogen (secondary N) is 2. The van der Waals surface area contributed by atoms with Gasteiger partial charge < -0.3 is 10.7 Å². The van der Waals surface area contributed by atoms with E-state index in [1.54, 1.807) is 12.3 Å². The van der Waals surface area contributed by atoms with Gasteiger partial charge in [0.2, 0.25) is 0 Å². The molecule has 1 amide bonds. The van der Waals surface area contributed by atoms with E-state index >= 15 is 0 Å². The summed E-state index contributed by atoms with van der Waals surface area (Å²) in [7, 11) is 0. The highest BCUT2D eigenvalue weighted by atomic mass is 16.1. The van der Waals surface area contributed by atoms with Gasteiger partial charge in [-0.3, -0.25) is 15.6 Å². The second-order valence-electron chi connectivity index (χ2n) is 4.41. The molecule has 92 valence electrons. The van der Waals surface area contributed by atoms with Crippen molar-refractivity contribution in [1.29, 1.82) is 0 Å². The molecule has 0 radical (unpaired) electrons. The minimum absolute atomic E-state index is 0.120. The summed E-state index contributed by atoms with van der Waals surface area (Å²) >= 11 is 0. The number of hydrogen-bond acceptors (Lipinski definition) is 4. The number of anilines is 1. The van der Waals surface area contributed by atoms with Crippen LogP contribution in [0.5, 0.6) is 0 Å². The number of amides is 1. The van der Waals surface area contributed by atoms with Crippen LogP contribution in [0.2, 0.25) is 0 Å². The second-order valence-corrected chi connectivity index (χ2v) is 4.41. The second kappa shape index (κ2) is 5.63. The van der Waals surface area contributed by atoms with Crippen molar-refractivity contribution in [3.63, 3.8) is 0 Å². The summed E-state index contributed by atoms with van der Waals surface area (Å²) in [6.45, 7) is 0.725. The number of hydrogen-bond donors (Lipinski definition) is 3. The normalized spacial score (nSPS) is 15.1. The molecule has 1 aromatic rings. The van der Waals surface area contributed by atoms with Crippen LogP contribution >= 0.6 is 0 Å². The number of hydrazine groups is 1. The molecule has 0 unspecified atom stereocenters. The minimum atomic E-state index is -0.120. The molecule has 1 fully saturated rings. The first kappa shape index (κ1) is 11.9. The Balaban J connectivity index is 1.85. The fourth-order valence-electron chi connectivity index (χ4n) is 1.97. The molecule has 0 aliphatic heterocycles. The van der Waals surface area contributed by atoms with E-state index in [9.17, 15) is 4.79 Å². The van der Waals surface area contributed by atoms with E-state index in [2.05, 4.69) is 15.7 Å². The number of nitrogens with zero attached hydrogens (tertiary/aromatic N) is 1. The van der Waals surface area contributed by atoms with E-state index in [4.69, 9.17) is 5.84 Å². The Morgan fingerprint density at radius 3 is 3.00 bits per heavy atom. The molecule has 17 heavy (non-hydrogen) atoms. The zero-order valence-electron chi connectivity index (χ0n) is 9.78. The zero-order valence-corrected chi connectivity index (χ0v) is 9.78. The van der Waals surface area contributed by atoms with Crippen LogP contribution < -0.4 is 16.6 Å². The molecule has 1 saturated carbocycles. The number of pyridine rings is 1. The van der Waals surface area contributed by atoms with Gasteiger partial charge in [0.25, 0.3) is 5.91 Å². The van der Waals surface area contributed by atoms with E-state index in [0.717, 1.165) is 18.9 Å². The molecule has 0 bridgehead atoms. The quantitative estimate of drug-likeness (QED) is 0.529. The summed E-state index contributed by atoms with van der Waals surface area (Å²) in [5.74, 6) is 6.02. The first-order chi connectivity index (χ1) is 8.31. The molecular weight excluding hydrogens is 216 g/mol. The Bertz CT molecular complexity index is 390. The maximum Gasteiger partial charge on any atom is 0.255 e. The van der Waals surface area contributed by atoms with Gasteiger partial charge in [-0.05, 0) is 18.4 Å². The zero-order chi connectivity index (χ0) is 12.1. The van der Waals surface area contributed by atoms with E-state index in [0.29, 0.717) is 11.3 Å². The Kier molecular flexibility index (Phi) is 3.93. The number of aromatic nitrogens is 1. The summed E-state index contributed by atoms with van der Waals surface area (Å²) in [6, 6.07) is 1.68. The van der Waals surface area contributed by atoms with Crippen molar-refractivity contribution in [1.82, 2.24) is 10.3 Å². The predicted molar refractivity (Wildman–Crippen MR) is 66.3 cm³/mol. The van der Waals surface area contributed by atoms with Crippen LogP contribution in [-0.4, -0.2) is 17.4 Å². The van der Waals surface area contributed by atoms with Gasteiger partial charge in [0, 0.05) is 18.9 Å². The standard InChI is InChI=1S/C12H18N4O/c13-16-11-5-6-14-8-10(11)12(17)15-7-4-9-2-1-3-9/h5-6,8-9H,1-4,7,13H2,(H,14,16)(H,15,17). The van der Waals surface area contributed by atoms with Crippen LogP contribution in [-0.2, 0) is 0 Å². The SMILES string of the molecule is NNc1ccncc1C(=O)NCCC1CCC1. The molecule has 1 heterocycles. The fourth-order valence-corrected chi connectivity index (χ4v) is 1.97. The first-order valence-electron chi connectivity index (χ1n) is 6.00. The van der Waals surface area contributed by atoms with Crippen molar-refractivity contribution in [3.8, 4) is 0 Å². The highest BCUT2D eigenvalue weighted by Gasteiger charge is 2.17. The lowest BCUT2D eigenvalue weighted by molar-refractivity contribution is 0.0949. The third kappa shape index (κ3) is 2.94. The molecule has 1 aromatic heterocycles. The average Bonchev–Trinajstić information content (AvgIpc) is 2.32. The summed E-state index contributed by atoms with van der Waals surface area (Å²) in [5.41, 5.74) is 3.58. The van der Waals surface area contributed by atoms with Crippen molar-refractivity contribution in [2.45, 2.75) is 25.7 Å². The van der Waals surface area contributed by atoms with Gasteiger partial charge in [-0.2, -0.15) is 0 Å². The van der Waals surface area contributed by atoms with Crippen LogP contribution in [0.15, 0.2) is 18.5 Å². The van der Waals surface area contributed by atoms with Crippen LogP contribution in [0.4, 0.5) is 5.69 Å². The molecule has 0 aromatic carbocycles. The molecule has 1 aliphatic carbocycles. The maximum atomic E-state index is 11.9. The van der Waals surface area contributed by atoms with Gasteiger partial charge in [-0.25, -0.2) is 0 Å². The monoisotopic (exact) mass is 234 g/mol. The number of nitrogens with two attached hydrogens (primary N) is 1. The van der Waals surface area contributed by atoms with Gasteiger partial charge >= 0.3 is 0 Å². The molecule has 0 spiro atoms. The largest absolute Gasteiger partial charge is 0.352 e. The smallest absolute Gasteiger partial charge is 0.255 e. The molecule has 4 N–H and O–H groups in total. The van der Waals surface area contributed by atoms with Gasteiger partial charge in [0.1, 0.15) is 0 Å². The fraction of sp³-hybridized carbons (Fsp3) is 0.500. The molecule has 5 nitrogen and oxygen atoms in total. The van der Waals surface area contributed by atoms with Gasteiger partial charge in [0.05, 0.1) is 11.3 Å². The average molecular weight is 234 g/mol. The summed E-state index contributed by atoms with van der Waals surface area (Å²) < 4.78 is 0. The van der Waals surface area contributed by atoms with Gasteiger partial charge in [-0.15, -0.1) is 0 Å². The predicted octanol–water partition coefficient (Wildman–Crippen LogP) is 1.29. The molecule has 5 heteroatoms. The van der Waals surface area contributed by atoms with Gasteiger partial charge in [-0.1, -0.05) is 19.3 Å². The van der Waals surface area contributed by atoms with Crippen LogP contribution in [0.1, 0.15) is 36.0 Å².